The molecular weight excluding hydrogens is 355 g/mol. The molecule has 0 aromatic heterocycles. The lowest BCUT2D eigenvalue weighted by atomic mass is 9.93. The van der Waals surface area contributed by atoms with Crippen molar-refractivity contribution in [2.24, 2.45) is 11.8 Å². The van der Waals surface area contributed by atoms with E-state index in [4.69, 9.17) is 0 Å². The van der Waals surface area contributed by atoms with Crippen molar-refractivity contribution in [2.45, 2.75) is 38.4 Å². The SMILES string of the molecule is C[C@@H]1CCCN(C(=O)C2CCN(S(=O)(=O)Cc3ccc(F)cc3)CC2)C1. The number of benzene rings is 1. The molecule has 2 aliphatic heterocycles. The molecule has 1 aromatic rings. The second kappa shape index (κ2) is 8.05. The van der Waals surface area contributed by atoms with Gasteiger partial charge in [0.05, 0.1) is 5.75 Å². The lowest BCUT2D eigenvalue weighted by Gasteiger charge is -2.36. The molecule has 26 heavy (non-hydrogen) atoms. The van der Waals surface area contributed by atoms with E-state index in [1.807, 2.05) is 4.90 Å². The molecule has 2 saturated heterocycles. The monoisotopic (exact) mass is 382 g/mol. The number of carbonyl (C=O) groups is 1. The molecule has 0 aliphatic carbocycles. The molecule has 1 amide bonds. The third kappa shape index (κ3) is 4.62. The fourth-order valence-electron chi connectivity index (χ4n) is 3.91. The molecule has 0 saturated carbocycles. The van der Waals surface area contributed by atoms with Crippen molar-refractivity contribution in [3.8, 4) is 0 Å². The number of rotatable bonds is 4. The molecular formula is C19H27FN2O3S. The van der Waals surface area contributed by atoms with Gasteiger partial charge in [-0.1, -0.05) is 19.1 Å². The summed E-state index contributed by atoms with van der Waals surface area (Å²) in [4.78, 5) is 14.7. The van der Waals surface area contributed by atoms with E-state index in [0.29, 0.717) is 37.4 Å². The van der Waals surface area contributed by atoms with Gasteiger partial charge in [-0.2, -0.15) is 0 Å². The van der Waals surface area contributed by atoms with Gasteiger partial charge in [0.15, 0.2) is 0 Å². The Balaban J connectivity index is 1.55. The lowest BCUT2D eigenvalue weighted by Crippen LogP contribution is -2.47. The first-order valence-electron chi connectivity index (χ1n) is 9.36. The van der Waals surface area contributed by atoms with Crippen LogP contribution in [0.2, 0.25) is 0 Å². The number of carbonyl (C=O) groups excluding carboxylic acids is 1. The smallest absolute Gasteiger partial charge is 0.225 e. The summed E-state index contributed by atoms with van der Waals surface area (Å²) in [7, 11) is -3.45. The van der Waals surface area contributed by atoms with Crippen LogP contribution in [0, 0.1) is 17.7 Å². The number of likely N-dealkylation sites (tertiary alicyclic amines) is 1. The summed E-state index contributed by atoms with van der Waals surface area (Å²) in [6.45, 7) is 4.57. The summed E-state index contributed by atoms with van der Waals surface area (Å²) in [5.74, 6) is 0.154. The number of piperidine rings is 2. The summed E-state index contributed by atoms with van der Waals surface area (Å²) < 4.78 is 39.6. The van der Waals surface area contributed by atoms with Gasteiger partial charge in [0.2, 0.25) is 15.9 Å². The summed E-state index contributed by atoms with van der Waals surface area (Å²) in [5.41, 5.74) is 0.576. The normalized spacial score (nSPS) is 23.2. The minimum absolute atomic E-state index is 0.0717. The molecule has 7 heteroatoms. The van der Waals surface area contributed by atoms with Gasteiger partial charge in [-0.15, -0.1) is 0 Å². The Kier molecular flexibility index (Phi) is 5.97. The van der Waals surface area contributed by atoms with E-state index < -0.39 is 10.0 Å². The average Bonchev–Trinajstić information content (AvgIpc) is 2.63. The maximum absolute atomic E-state index is 13.0. The summed E-state index contributed by atoms with van der Waals surface area (Å²) >= 11 is 0. The molecule has 1 aromatic carbocycles. The van der Waals surface area contributed by atoms with Crippen LogP contribution in [0.25, 0.3) is 0 Å². The number of nitrogens with zero attached hydrogens (tertiary/aromatic N) is 2. The maximum atomic E-state index is 13.0. The zero-order valence-corrected chi connectivity index (χ0v) is 16.0. The quantitative estimate of drug-likeness (QED) is 0.804. The molecule has 0 unspecified atom stereocenters. The highest BCUT2D eigenvalue weighted by Gasteiger charge is 2.34. The highest BCUT2D eigenvalue weighted by molar-refractivity contribution is 7.88. The first kappa shape index (κ1) is 19.3. The highest BCUT2D eigenvalue weighted by Crippen LogP contribution is 2.25. The maximum Gasteiger partial charge on any atom is 0.225 e. The molecule has 0 bridgehead atoms. The van der Waals surface area contributed by atoms with E-state index in [2.05, 4.69) is 6.92 Å². The standard InChI is InChI=1S/C19H27FN2O3S/c1-15-3-2-10-21(13-15)19(23)17-8-11-22(12-9-17)26(24,25)14-16-4-6-18(20)7-5-16/h4-7,15,17H,2-3,8-14H2,1H3/t15-/m1/s1. The Bertz CT molecular complexity index is 728. The zero-order chi connectivity index (χ0) is 18.7. The highest BCUT2D eigenvalue weighted by atomic mass is 32.2. The van der Waals surface area contributed by atoms with E-state index in [-0.39, 0.29) is 23.4 Å². The number of hydrogen-bond acceptors (Lipinski definition) is 3. The number of halogens is 1. The molecule has 5 nitrogen and oxygen atoms in total. The zero-order valence-electron chi connectivity index (χ0n) is 15.2. The molecule has 1 atom stereocenters. The van der Waals surface area contributed by atoms with Gasteiger partial charge in [0.25, 0.3) is 0 Å². The Labute approximate surface area is 155 Å². The first-order chi connectivity index (χ1) is 12.3. The second-order valence-corrected chi connectivity index (χ2v) is 9.56. The lowest BCUT2D eigenvalue weighted by molar-refractivity contribution is -0.138. The molecule has 0 spiro atoms. The summed E-state index contributed by atoms with van der Waals surface area (Å²) in [5, 5.41) is 0. The van der Waals surface area contributed by atoms with E-state index in [0.717, 1.165) is 19.5 Å². The molecule has 2 heterocycles. The first-order valence-corrected chi connectivity index (χ1v) is 11.0. The van der Waals surface area contributed by atoms with Gasteiger partial charge in [0, 0.05) is 32.1 Å². The average molecular weight is 383 g/mol. The van der Waals surface area contributed by atoms with Crippen LogP contribution in [0.3, 0.4) is 0 Å². The van der Waals surface area contributed by atoms with E-state index >= 15 is 0 Å². The topological polar surface area (TPSA) is 57.7 Å². The molecule has 144 valence electrons. The predicted molar refractivity (Wildman–Crippen MR) is 98.3 cm³/mol. The third-order valence-electron chi connectivity index (χ3n) is 5.43. The minimum atomic E-state index is -3.45. The van der Waals surface area contributed by atoms with Crippen LogP contribution in [0.5, 0.6) is 0 Å². The summed E-state index contributed by atoms with van der Waals surface area (Å²) in [6.07, 6.45) is 3.38. The third-order valence-corrected chi connectivity index (χ3v) is 7.28. The second-order valence-electron chi connectivity index (χ2n) is 7.59. The molecule has 0 N–H and O–H groups in total. The van der Waals surface area contributed by atoms with Gasteiger partial charge < -0.3 is 4.90 Å². The Morgan fingerprint density at radius 1 is 1.12 bits per heavy atom. The minimum Gasteiger partial charge on any atom is -0.342 e. The summed E-state index contributed by atoms with van der Waals surface area (Å²) in [6, 6.07) is 5.55. The van der Waals surface area contributed by atoms with Crippen LogP contribution < -0.4 is 0 Å². The predicted octanol–water partition coefficient (Wildman–Crippen LogP) is 2.63. The van der Waals surface area contributed by atoms with Gasteiger partial charge in [-0.25, -0.2) is 17.1 Å². The fraction of sp³-hybridized carbons (Fsp3) is 0.632. The van der Waals surface area contributed by atoms with Gasteiger partial charge >= 0.3 is 0 Å². The van der Waals surface area contributed by atoms with Crippen molar-refractivity contribution in [3.05, 3.63) is 35.6 Å². The molecule has 3 rings (SSSR count). The largest absolute Gasteiger partial charge is 0.342 e. The Morgan fingerprint density at radius 3 is 2.38 bits per heavy atom. The van der Waals surface area contributed by atoms with Crippen molar-refractivity contribution in [1.29, 1.82) is 0 Å². The van der Waals surface area contributed by atoms with Crippen LogP contribution in [-0.2, 0) is 20.6 Å². The number of sulfonamides is 1. The molecule has 2 aliphatic rings. The van der Waals surface area contributed by atoms with Crippen LogP contribution in [0.4, 0.5) is 4.39 Å². The Morgan fingerprint density at radius 2 is 1.77 bits per heavy atom. The van der Waals surface area contributed by atoms with Crippen molar-refractivity contribution in [3.63, 3.8) is 0 Å². The number of hydrogen-bond donors (Lipinski definition) is 0. The van der Waals surface area contributed by atoms with Crippen LogP contribution in [0.15, 0.2) is 24.3 Å². The van der Waals surface area contributed by atoms with Gasteiger partial charge in [-0.3, -0.25) is 4.79 Å². The Hall–Kier alpha value is -1.47. The van der Waals surface area contributed by atoms with Crippen molar-refractivity contribution < 1.29 is 17.6 Å². The van der Waals surface area contributed by atoms with Crippen molar-refractivity contribution in [1.82, 2.24) is 9.21 Å². The van der Waals surface area contributed by atoms with Crippen molar-refractivity contribution >= 4 is 15.9 Å². The van der Waals surface area contributed by atoms with Crippen LogP contribution in [-0.4, -0.2) is 49.7 Å². The van der Waals surface area contributed by atoms with Gasteiger partial charge in [0.1, 0.15) is 5.82 Å². The molecule has 0 radical (unpaired) electrons. The number of amides is 1. The van der Waals surface area contributed by atoms with Crippen molar-refractivity contribution in [2.75, 3.05) is 26.2 Å². The van der Waals surface area contributed by atoms with Gasteiger partial charge in [-0.05, 0) is 49.3 Å². The van der Waals surface area contributed by atoms with Crippen LogP contribution >= 0.6 is 0 Å². The van der Waals surface area contributed by atoms with Crippen LogP contribution in [0.1, 0.15) is 38.2 Å². The molecule has 2 fully saturated rings. The fourth-order valence-corrected chi connectivity index (χ4v) is 5.47. The van der Waals surface area contributed by atoms with E-state index in [1.165, 1.54) is 35.0 Å². The van der Waals surface area contributed by atoms with E-state index in [1.54, 1.807) is 0 Å². The van der Waals surface area contributed by atoms with E-state index in [9.17, 15) is 17.6 Å².